The van der Waals surface area contributed by atoms with Crippen LogP contribution in [-0.2, 0) is 14.8 Å². The van der Waals surface area contributed by atoms with E-state index < -0.39 is 15.8 Å². The average Bonchev–Trinajstić information content (AvgIpc) is 3.15. The van der Waals surface area contributed by atoms with Crippen LogP contribution in [0.2, 0.25) is 0 Å². The molecule has 0 radical (unpaired) electrons. The molecule has 1 atom stereocenters. The van der Waals surface area contributed by atoms with Gasteiger partial charge in [-0.3, -0.25) is 0 Å². The molecule has 5 nitrogen and oxygen atoms in total. The van der Waals surface area contributed by atoms with E-state index in [1.807, 2.05) is 0 Å². The van der Waals surface area contributed by atoms with Crippen LogP contribution in [0.3, 0.4) is 0 Å². The molecule has 2 fully saturated rings. The van der Waals surface area contributed by atoms with Crippen molar-refractivity contribution in [1.82, 2.24) is 4.31 Å². The number of sulfonamides is 1. The van der Waals surface area contributed by atoms with Gasteiger partial charge in [0.05, 0.1) is 12.3 Å². The first-order valence-electron chi connectivity index (χ1n) is 7.13. The number of anilines is 1. The van der Waals surface area contributed by atoms with Gasteiger partial charge in [0.15, 0.2) is 0 Å². The summed E-state index contributed by atoms with van der Waals surface area (Å²) >= 11 is 0. The molecule has 1 heterocycles. The number of hydrogen-bond acceptors (Lipinski definition) is 4. The maximum absolute atomic E-state index is 13.6. The van der Waals surface area contributed by atoms with Crippen molar-refractivity contribution in [3.05, 3.63) is 24.0 Å². The molecule has 1 aromatic rings. The molecular formula is C14H19FN2O3S. The first-order valence-corrected chi connectivity index (χ1v) is 8.57. The number of para-hydroxylation sites is 1. The summed E-state index contributed by atoms with van der Waals surface area (Å²) in [6.45, 7) is 1.67. The van der Waals surface area contributed by atoms with Crippen LogP contribution in [0.5, 0.6) is 0 Å². The zero-order chi connectivity index (χ0) is 15.0. The van der Waals surface area contributed by atoms with E-state index in [1.54, 1.807) is 0 Å². The molecule has 1 saturated carbocycles. The summed E-state index contributed by atoms with van der Waals surface area (Å²) in [4.78, 5) is -0.131. The quantitative estimate of drug-likeness (QED) is 0.838. The normalized spacial score (nSPS) is 22.9. The van der Waals surface area contributed by atoms with E-state index in [0.29, 0.717) is 19.8 Å². The maximum Gasteiger partial charge on any atom is 0.245 e. The predicted molar refractivity (Wildman–Crippen MR) is 76.7 cm³/mol. The highest BCUT2D eigenvalue weighted by Crippen LogP contribution is 2.35. The Hall–Kier alpha value is -1.18. The van der Waals surface area contributed by atoms with E-state index in [2.05, 4.69) is 0 Å². The Bertz CT molecular complexity index is 625. The van der Waals surface area contributed by atoms with Crippen LogP contribution in [0, 0.1) is 11.7 Å². The standard InChI is InChI=1S/C14H19FN2O3S/c15-12-2-1-3-13(14(12)16)21(18,19)17(11-4-5-11)8-10-6-7-20-9-10/h1-3,10-11H,4-9,16H2. The summed E-state index contributed by atoms with van der Waals surface area (Å²) in [5, 5.41) is 0. The summed E-state index contributed by atoms with van der Waals surface area (Å²) in [6.07, 6.45) is 2.56. The molecule has 1 unspecified atom stereocenters. The molecule has 1 aliphatic heterocycles. The van der Waals surface area contributed by atoms with Gasteiger partial charge in [0.1, 0.15) is 10.7 Å². The molecule has 21 heavy (non-hydrogen) atoms. The molecule has 7 heteroatoms. The van der Waals surface area contributed by atoms with E-state index in [4.69, 9.17) is 10.5 Å². The minimum absolute atomic E-state index is 0.0123. The second-order valence-corrected chi connectivity index (χ2v) is 7.55. The highest BCUT2D eigenvalue weighted by Gasteiger charge is 2.40. The molecule has 3 rings (SSSR count). The Labute approximate surface area is 123 Å². The minimum atomic E-state index is -3.77. The Morgan fingerprint density at radius 1 is 1.33 bits per heavy atom. The Morgan fingerprint density at radius 2 is 2.10 bits per heavy atom. The summed E-state index contributed by atoms with van der Waals surface area (Å²) in [7, 11) is -3.77. The first-order chi connectivity index (χ1) is 10.00. The largest absolute Gasteiger partial charge is 0.395 e. The highest BCUT2D eigenvalue weighted by atomic mass is 32.2. The average molecular weight is 314 g/mol. The van der Waals surface area contributed by atoms with Crippen LogP contribution >= 0.6 is 0 Å². The summed E-state index contributed by atoms with van der Waals surface area (Å²) < 4.78 is 46.0. The van der Waals surface area contributed by atoms with Crippen LogP contribution in [0.4, 0.5) is 10.1 Å². The lowest BCUT2D eigenvalue weighted by Gasteiger charge is -2.25. The van der Waals surface area contributed by atoms with Gasteiger partial charge < -0.3 is 10.5 Å². The number of ether oxygens (including phenoxy) is 1. The zero-order valence-corrected chi connectivity index (χ0v) is 12.5. The fourth-order valence-electron chi connectivity index (χ4n) is 2.66. The second kappa shape index (κ2) is 5.55. The van der Waals surface area contributed by atoms with Gasteiger partial charge in [-0.1, -0.05) is 6.07 Å². The number of nitrogens with zero attached hydrogens (tertiary/aromatic N) is 1. The molecule has 1 saturated heterocycles. The van der Waals surface area contributed by atoms with Crippen molar-refractivity contribution in [2.24, 2.45) is 5.92 Å². The molecular weight excluding hydrogens is 295 g/mol. The van der Waals surface area contributed by atoms with E-state index in [0.717, 1.165) is 19.3 Å². The van der Waals surface area contributed by atoms with Crippen molar-refractivity contribution in [1.29, 1.82) is 0 Å². The predicted octanol–water partition coefficient (Wildman–Crippen LogP) is 1.60. The van der Waals surface area contributed by atoms with Crippen LogP contribution < -0.4 is 5.73 Å². The van der Waals surface area contributed by atoms with Gasteiger partial charge in [0, 0.05) is 19.2 Å². The number of benzene rings is 1. The third-order valence-corrected chi connectivity index (χ3v) is 5.99. The van der Waals surface area contributed by atoms with E-state index in [9.17, 15) is 12.8 Å². The SMILES string of the molecule is Nc1c(F)cccc1S(=O)(=O)N(CC1CCOC1)C1CC1. The third-order valence-electron chi connectivity index (χ3n) is 4.02. The van der Waals surface area contributed by atoms with Gasteiger partial charge in [-0.05, 0) is 37.3 Å². The van der Waals surface area contributed by atoms with Gasteiger partial charge in [-0.25, -0.2) is 12.8 Å². The lowest BCUT2D eigenvalue weighted by molar-refractivity contribution is 0.180. The van der Waals surface area contributed by atoms with Crippen molar-refractivity contribution >= 4 is 15.7 Å². The number of nitrogens with two attached hydrogens (primary N) is 1. The van der Waals surface area contributed by atoms with E-state index in [1.165, 1.54) is 22.5 Å². The van der Waals surface area contributed by atoms with Gasteiger partial charge in [-0.2, -0.15) is 4.31 Å². The van der Waals surface area contributed by atoms with Crippen LogP contribution in [0.15, 0.2) is 23.1 Å². The van der Waals surface area contributed by atoms with Crippen LogP contribution in [0.25, 0.3) is 0 Å². The first kappa shape index (κ1) is 14.7. The van der Waals surface area contributed by atoms with Crippen molar-refractivity contribution in [3.8, 4) is 0 Å². The van der Waals surface area contributed by atoms with E-state index >= 15 is 0 Å². The summed E-state index contributed by atoms with van der Waals surface area (Å²) in [6, 6.07) is 3.93. The Kier molecular flexibility index (Phi) is 3.90. The topological polar surface area (TPSA) is 72.6 Å². The van der Waals surface area contributed by atoms with Gasteiger partial charge in [0.2, 0.25) is 10.0 Å². The number of nitrogen functional groups attached to an aromatic ring is 1. The monoisotopic (exact) mass is 314 g/mol. The van der Waals surface area contributed by atoms with Crippen molar-refractivity contribution in [2.45, 2.75) is 30.2 Å². The molecule has 1 aliphatic carbocycles. The Balaban J connectivity index is 1.91. The van der Waals surface area contributed by atoms with Crippen molar-refractivity contribution in [2.75, 3.05) is 25.5 Å². The third kappa shape index (κ3) is 2.90. The lowest BCUT2D eigenvalue weighted by atomic mass is 10.1. The zero-order valence-electron chi connectivity index (χ0n) is 11.7. The summed E-state index contributed by atoms with van der Waals surface area (Å²) in [5.74, 6) is -0.494. The molecule has 2 aliphatic rings. The minimum Gasteiger partial charge on any atom is -0.395 e. The van der Waals surface area contributed by atoms with Crippen molar-refractivity contribution < 1.29 is 17.5 Å². The highest BCUT2D eigenvalue weighted by molar-refractivity contribution is 7.89. The van der Waals surface area contributed by atoms with Crippen LogP contribution in [-0.4, -0.2) is 38.5 Å². The maximum atomic E-state index is 13.6. The van der Waals surface area contributed by atoms with Gasteiger partial charge >= 0.3 is 0 Å². The number of rotatable bonds is 5. The summed E-state index contributed by atoms with van der Waals surface area (Å²) in [5.41, 5.74) is 5.33. The van der Waals surface area contributed by atoms with Gasteiger partial charge in [0.25, 0.3) is 0 Å². The molecule has 2 N–H and O–H groups in total. The smallest absolute Gasteiger partial charge is 0.245 e. The fourth-order valence-corrected chi connectivity index (χ4v) is 4.55. The molecule has 1 aromatic carbocycles. The van der Waals surface area contributed by atoms with E-state index in [-0.39, 0.29) is 22.5 Å². The molecule has 116 valence electrons. The molecule has 0 aromatic heterocycles. The van der Waals surface area contributed by atoms with Gasteiger partial charge in [-0.15, -0.1) is 0 Å². The Morgan fingerprint density at radius 3 is 2.71 bits per heavy atom. The molecule has 0 amide bonds. The van der Waals surface area contributed by atoms with Crippen molar-refractivity contribution in [3.63, 3.8) is 0 Å². The molecule has 0 spiro atoms. The second-order valence-electron chi connectivity index (χ2n) is 5.69. The lowest BCUT2D eigenvalue weighted by Crippen LogP contribution is -2.37. The van der Waals surface area contributed by atoms with Crippen LogP contribution in [0.1, 0.15) is 19.3 Å². The fraction of sp³-hybridized carbons (Fsp3) is 0.571. The number of hydrogen-bond donors (Lipinski definition) is 1. The number of halogens is 1. The molecule has 0 bridgehead atoms.